The number of anilines is 2. The summed E-state index contributed by atoms with van der Waals surface area (Å²) in [6.07, 6.45) is 3.39. The predicted octanol–water partition coefficient (Wildman–Crippen LogP) is 1.97. The lowest BCUT2D eigenvalue weighted by Crippen LogP contribution is -2.14. The molecule has 7 nitrogen and oxygen atoms in total. The van der Waals surface area contributed by atoms with Gasteiger partial charge in [-0.15, -0.1) is 10.2 Å². The van der Waals surface area contributed by atoms with Gasteiger partial charge in [-0.1, -0.05) is 0 Å². The minimum absolute atomic E-state index is 0.00632. The fraction of sp³-hybridized carbons (Fsp3) is 0.455. The van der Waals surface area contributed by atoms with E-state index in [4.69, 9.17) is 0 Å². The SMILES string of the molecule is CCNc1ncc(Br)c(NC(C)c2nncn2C)n1. The van der Waals surface area contributed by atoms with E-state index in [0.29, 0.717) is 5.95 Å². The van der Waals surface area contributed by atoms with Crippen molar-refractivity contribution in [2.75, 3.05) is 17.2 Å². The van der Waals surface area contributed by atoms with Crippen molar-refractivity contribution in [1.29, 1.82) is 0 Å². The van der Waals surface area contributed by atoms with Crippen LogP contribution in [0.2, 0.25) is 0 Å². The van der Waals surface area contributed by atoms with Gasteiger partial charge in [-0.25, -0.2) is 4.98 Å². The van der Waals surface area contributed by atoms with Gasteiger partial charge in [0.15, 0.2) is 5.82 Å². The van der Waals surface area contributed by atoms with Crippen LogP contribution in [0.3, 0.4) is 0 Å². The zero-order valence-electron chi connectivity index (χ0n) is 11.1. The second-order valence-corrected chi connectivity index (χ2v) is 4.94. The maximum atomic E-state index is 4.40. The fourth-order valence-electron chi connectivity index (χ4n) is 1.67. The minimum Gasteiger partial charge on any atom is -0.359 e. The van der Waals surface area contributed by atoms with Crippen molar-refractivity contribution in [1.82, 2.24) is 24.7 Å². The first kappa shape index (κ1) is 13.7. The van der Waals surface area contributed by atoms with Gasteiger partial charge in [-0.3, -0.25) is 0 Å². The number of hydrogen-bond donors (Lipinski definition) is 2. The van der Waals surface area contributed by atoms with E-state index in [0.717, 1.165) is 22.7 Å². The molecule has 0 aromatic carbocycles. The van der Waals surface area contributed by atoms with Crippen LogP contribution in [0.15, 0.2) is 17.0 Å². The molecule has 0 bridgehead atoms. The summed E-state index contributed by atoms with van der Waals surface area (Å²) in [7, 11) is 1.91. The molecule has 0 saturated carbocycles. The molecule has 2 heterocycles. The summed E-state index contributed by atoms with van der Waals surface area (Å²) in [5.41, 5.74) is 0. The lowest BCUT2D eigenvalue weighted by Gasteiger charge is -2.15. The number of hydrogen-bond acceptors (Lipinski definition) is 6. The average molecular weight is 326 g/mol. The molecule has 102 valence electrons. The maximum absolute atomic E-state index is 4.40. The van der Waals surface area contributed by atoms with E-state index in [2.05, 4.69) is 46.7 Å². The van der Waals surface area contributed by atoms with Crippen LogP contribution >= 0.6 is 15.9 Å². The lowest BCUT2D eigenvalue weighted by atomic mass is 10.3. The fourth-order valence-corrected chi connectivity index (χ4v) is 1.97. The Balaban J connectivity index is 2.18. The second kappa shape index (κ2) is 5.96. The van der Waals surface area contributed by atoms with E-state index in [-0.39, 0.29) is 6.04 Å². The van der Waals surface area contributed by atoms with Crippen molar-refractivity contribution < 1.29 is 0 Å². The highest BCUT2D eigenvalue weighted by Gasteiger charge is 2.14. The molecule has 0 radical (unpaired) electrons. The molecule has 0 aliphatic carbocycles. The van der Waals surface area contributed by atoms with Crippen LogP contribution in [0, 0.1) is 0 Å². The van der Waals surface area contributed by atoms with Crippen molar-refractivity contribution in [3.63, 3.8) is 0 Å². The first-order valence-electron chi connectivity index (χ1n) is 5.98. The summed E-state index contributed by atoms with van der Waals surface area (Å²) in [6.45, 7) is 4.78. The number of rotatable bonds is 5. The number of aromatic nitrogens is 5. The molecule has 0 fully saturated rings. The van der Waals surface area contributed by atoms with E-state index in [9.17, 15) is 0 Å². The molecule has 0 amide bonds. The first-order valence-corrected chi connectivity index (χ1v) is 6.78. The molecule has 0 saturated heterocycles. The highest BCUT2D eigenvalue weighted by atomic mass is 79.9. The highest BCUT2D eigenvalue weighted by Crippen LogP contribution is 2.24. The monoisotopic (exact) mass is 325 g/mol. The van der Waals surface area contributed by atoms with E-state index in [1.54, 1.807) is 12.5 Å². The summed E-state index contributed by atoms with van der Waals surface area (Å²) >= 11 is 3.43. The van der Waals surface area contributed by atoms with Crippen LogP contribution in [-0.2, 0) is 7.05 Å². The second-order valence-electron chi connectivity index (χ2n) is 4.09. The van der Waals surface area contributed by atoms with Crippen molar-refractivity contribution in [2.24, 2.45) is 7.05 Å². The number of aryl methyl sites for hydroxylation is 1. The molecule has 19 heavy (non-hydrogen) atoms. The first-order chi connectivity index (χ1) is 9.11. The molecular weight excluding hydrogens is 310 g/mol. The zero-order chi connectivity index (χ0) is 13.8. The predicted molar refractivity (Wildman–Crippen MR) is 76.9 cm³/mol. The van der Waals surface area contributed by atoms with E-state index in [1.807, 2.05) is 25.5 Å². The van der Waals surface area contributed by atoms with Gasteiger partial charge >= 0.3 is 0 Å². The van der Waals surface area contributed by atoms with Crippen LogP contribution in [0.4, 0.5) is 11.8 Å². The van der Waals surface area contributed by atoms with Crippen LogP contribution in [0.25, 0.3) is 0 Å². The van der Waals surface area contributed by atoms with Gasteiger partial charge in [-0.05, 0) is 29.8 Å². The summed E-state index contributed by atoms with van der Waals surface area (Å²) in [5, 5.41) is 14.3. The third-order valence-electron chi connectivity index (χ3n) is 2.57. The third kappa shape index (κ3) is 3.19. The smallest absolute Gasteiger partial charge is 0.224 e. The Morgan fingerprint density at radius 1 is 1.47 bits per heavy atom. The molecule has 0 aliphatic heterocycles. The number of halogens is 1. The van der Waals surface area contributed by atoms with E-state index < -0.39 is 0 Å². The Kier molecular flexibility index (Phi) is 4.31. The maximum Gasteiger partial charge on any atom is 0.224 e. The molecule has 2 rings (SSSR count). The van der Waals surface area contributed by atoms with Gasteiger partial charge in [-0.2, -0.15) is 4.98 Å². The Morgan fingerprint density at radius 3 is 2.89 bits per heavy atom. The van der Waals surface area contributed by atoms with Gasteiger partial charge in [0.1, 0.15) is 12.1 Å². The standard InChI is InChI=1S/C11H16BrN7/c1-4-13-11-14-5-8(12)9(17-11)16-7(2)10-18-15-6-19(10)3/h5-7H,4H2,1-3H3,(H2,13,14,16,17). The quantitative estimate of drug-likeness (QED) is 0.874. The van der Waals surface area contributed by atoms with E-state index >= 15 is 0 Å². The minimum atomic E-state index is -0.00632. The molecule has 2 aromatic heterocycles. The largest absolute Gasteiger partial charge is 0.359 e. The van der Waals surface area contributed by atoms with Gasteiger partial charge < -0.3 is 15.2 Å². The molecule has 8 heteroatoms. The van der Waals surface area contributed by atoms with Crippen LogP contribution in [0.5, 0.6) is 0 Å². The molecule has 1 atom stereocenters. The third-order valence-corrected chi connectivity index (χ3v) is 3.15. The Labute approximate surface area is 120 Å². The van der Waals surface area contributed by atoms with Crippen molar-refractivity contribution in [3.8, 4) is 0 Å². The number of nitrogens with one attached hydrogen (secondary N) is 2. The summed E-state index contributed by atoms with van der Waals surface area (Å²) in [4.78, 5) is 8.58. The Bertz CT molecular complexity index is 554. The van der Waals surface area contributed by atoms with Crippen LogP contribution in [-0.4, -0.2) is 31.3 Å². The molecular formula is C11H16BrN7. The molecule has 2 N–H and O–H groups in total. The Morgan fingerprint density at radius 2 is 2.26 bits per heavy atom. The zero-order valence-corrected chi connectivity index (χ0v) is 12.6. The highest BCUT2D eigenvalue weighted by molar-refractivity contribution is 9.10. The molecule has 2 aromatic rings. The van der Waals surface area contributed by atoms with Gasteiger partial charge in [0, 0.05) is 19.8 Å². The summed E-state index contributed by atoms with van der Waals surface area (Å²) < 4.78 is 2.68. The normalized spacial score (nSPS) is 12.2. The van der Waals surface area contributed by atoms with Gasteiger partial charge in [0.2, 0.25) is 5.95 Å². The van der Waals surface area contributed by atoms with Gasteiger partial charge in [0.05, 0.1) is 10.5 Å². The van der Waals surface area contributed by atoms with Crippen LogP contribution < -0.4 is 10.6 Å². The van der Waals surface area contributed by atoms with Crippen molar-refractivity contribution >= 4 is 27.7 Å². The molecule has 1 unspecified atom stereocenters. The van der Waals surface area contributed by atoms with Gasteiger partial charge in [0.25, 0.3) is 0 Å². The summed E-state index contributed by atoms with van der Waals surface area (Å²) in [6, 6.07) is -0.00632. The van der Waals surface area contributed by atoms with E-state index in [1.165, 1.54) is 0 Å². The lowest BCUT2D eigenvalue weighted by molar-refractivity contribution is 0.715. The van der Waals surface area contributed by atoms with Crippen LogP contribution in [0.1, 0.15) is 25.7 Å². The Hall–Kier alpha value is -1.70. The van der Waals surface area contributed by atoms with Crippen molar-refractivity contribution in [2.45, 2.75) is 19.9 Å². The average Bonchev–Trinajstić information content (AvgIpc) is 2.80. The number of nitrogens with zero attached hydrogens (tertiary/aromatic N) is 5. The molecule has 0 spiro atoms. The van der Waals surface area contributed by atoms with Crippen molar-refractivity contribution in [3.05, 3.63) is 22.8 Å². The topological polar surface area (TPSA) is 80.5 Å². The summed E-state index contributed by atoms with van der Waals surface area (Å²) in [5.74, 6) is 2.16. The molecule has 0 aliphatic rings.